The summed E-state index contributed by atoms with van der Waals surface area (Å²) in [6, 6.07) is 2.51. The summed E-state index contributed by atoms with van der Waals surface area (Å²) in [4.78, 5) is 46.3. The van der Waals surface area contributed by atoms with Gasteiger partial charge in [-0.05, 0) is 110 Å². The van der Waals surface area contributed by atoms with E-state index in [1.54, 1.807) is 0 Å². The monoisotopic (exact) mass is 591 g/mol. The number of allylic oxidation sites excluding steroid dienone is 2. The lowest BCUT2D eigenvalue weighted by molar-refractivity contribution is -0.211. The highest BCUT2D eigenvalue weighted by Gasteiger charge is 2.70. The number of hydroxylamine groups is 2. The van der Waals surface area contributed by atoms with Crippen molar-refractivity contribution in [2.24, 2.45) is 50.2 Å². The van der Waals surface area contributed by atoms with Crippen LogP contribution in [-0.4, -0.2) is 34.9 Å². The number of nitrogens with zero attached hydrogens (tertiary/aromatic N) is 1. The minimum Gasteiger partial charge on any atom is -0.462 e. The lowest BCUT2D eigenvalue weighted by atomic mass is 9.33. The van der Waals surface area contributed by atoms with Crippen molar-refractivity contribution in [3.8, 4) is 12.5 Å². The van der Waals surface area contributed by atoms with Crippen molar-refractivity contribution in [2.45, 2.75) is 138 Å². The van der Waals surface area contributed by atoms with E-state index in [1.165, 1.54) is 17.6 Å². The van der Waals surface area contributed by atoms with Gasteiger partial charge in [-0.1, -0.05) is 60.5 Å². The molecule has 0 aromatic heterocycles. The molecule has 0 saturated heterocycles. The first-order valence-corrected chi connectivity index (χ1v) is 16.9. The number of ketones is 1. The molecule has 43 heavy (non-hydrogen) atoms. The van der Waals surface area contributed by atoms with Gasteiger partial charge in [-0.15, -0.1) is 5.06 Å². The van der Waals surface area contributed by atoms with E-state index in [0.29, 0.717) is 12.3 Å². The molecule has 6 rings (SSSR count). The van der Waals surface area contributed by atoms with Crippen LogP contribution in [0.1, 0.15) is 126 Å². The fraction of sp³-hybridized carbons (Fsp3) is 0.811. The predicted octanol–water partition coefficient (Wildman–Crippen LogP) is 7.41. The second-order valence-corrected chi connectivity index (χ2v) is 17.2. The van der Waals surface area contributed by atoms with Crippen LogP contribution < -0.4 is 0 Å². The Kier molecular flexibility index (Phi) is 6.95. The molecule has 5 fully saturated rings. The highest BCUT2D eigenvalue weighted by Crippen LogP contribution is 2.75. The van der Waals surface area contributed by atoms with Gasteiger partial charge < -0.3 is 4.74 Å². The molecule has 0 radical (unpaired) electrons. The third kappa shape index (κ3) is 4.33. The molecule has 0 bridgehead atoms. The quantitative estimate of drug-likeness (QED) is 0.147. The molecule has 5 saturated carbocycles. The van der Waals surface area contributed by atoms with Crippen molar-refractivity contribution in [3.05, 3.63) is 11.6 Å². The van der Waals surface area contributed by atoms with Crippen LogP contribution in [0.5, 0.6) is 0 Å². The molecule has 0 aromatic carbocycles. The molecule has 9 atom stereocenters. The summed E-state index contributed by atoms with van der Waals surface area (Å²) in [5.41, 5.74) is 0.0372. The Bertz CT molecular complexity index is 1310. The minimum atomic E-state index is -0.631. The number of carbonyl (C=O) groups is 3. The molecule has 6 aliphatic rings. The van der Waals surface area contributed by atoms with Gasteiger partial charge in [0.2, 0.25) is 0 Å². The Hall–Kier alpha value is -2.13. The van der Waals surface area contributed by atoms with Crippen molar-refractivity contribution >= 4 is 17.7 Å². The average Bonchev–Trinajstić information content (AvgIpc) is 3.75. The number of amides is 1. The van der Waals surface area contributed by atoms with Crippen molar-refractivity contribution in [1.29, 1.82) is 0 Å². The van der Waals surface area contributed by atoms with Crippen LogP contribution in [0.4, 0.5) is 0 Å². The summed E-state index contributed by atoms with van der Waals surface area (Å²) in [5.74, 6) is 0.317. The molecule has 1 amide bonds. The Balaban J connectivity index is 1.36. The Morgan fingerprint density at radius 1 is 0.930 bits per heavy atom. The van der Waals surface area contributed by atoms with Gasteiger partial charge in [-0.3, -0.25) is 19.2 Å². The van der Waals surface area contributed by atoms with E-state index in [2.05, 4.69) is 60.6 Å². The number of fused-ring (bicyclic) bond motifs is 7. The zero-order chi connectivity index (χ0) is 31.4. The van der Waals surface area contributed by atoms with Crippen molar-refractivity contribution in [2.75, 3.05) is 0 Å². The molecule has 6 nitrogen and oxygen atoms in total. The summed E-state index contributed by atoms with van der Waals surface area (Å²) >= 11 is 0. The molecule has 0 N–H and O–H groups in total. The van der Waals surface area contributed by atoms with E-state index in [1.807, 2.05) is 0 Å². The summed E-state index contributed by atoms with van der Waals surface area (Å²) in [5, 5.41) is 1.18. The Morgan fingerprint density at radius 3 is 2.23 bits per heavy atom. The largest absolute Gasteiger partial charge is 0.462 e. The fourth-order valence-electron chi connectivity index (χ4n) is 11.5. The Morgan fingerprint density at radius 2 is 1.60 bits per heavy atom. The number of carbonyl (C=O) groups excluding carboxylic acids is 3. The predicted molar refractivity (Wildman–Crippen MR) is 165 cm³/mol. The third-order valence-corrected chi connectivity index (χ3v) is 14.4. The summed E-state index contributed by atoms with van der Waals surface area (Å²) in [6.45, 7) is 17.7. The molecule has 236 valence electrons. The maximum absolute atomic E-state index is 14.6. The molecular weight excluding hydrogens is 538 g/mol. The highest BCUT2D eigenvalue weighted by atomic mass is 16.7. The average molecular weight is 592 g/mol. The van der Waals surface area contributed by atoms with Gasteiger partial charge >= 0.3 is 5.97 Å². The molecule has 0 spiro atoms. The van der Waals surface area contributed by atoms with E-state index in [-0.39, 0.29) is 68.8 Å². The fourth-order valence-corrected chi connectivity index (χ4v) is 11.5. The normalized spacial score (nSPS) is 46.6. The lowest BCUT2D eigenvalue weighted by Crippen LogP contribution is -2.66. The van der Waals surface area contributed by atoms with Gasteiger partial charge in [0.25, 0.3) is 5.91 Å². The van der Waals surface area contributed by atoms with E-state index in [4.69, 9.17) is 16.0 Å². The van der Waals surface area contributed by atoms with E-state index >= 15 is 0 Å². The zero-order valence-corrected chi connectivity index (χ0v) is 27.8. The van der Waals surface area contributed by atoms with Gasteiger partial charge in [-0.2, -0.15) is 0 Å². The number of esters is 1. The Labute approximate surface area is 259 Å². The van der Waals surface area contributed by atoms with Crippen LogP contribution in [0.25, 0.3) is 0 Å². The van der Waals surface area contributed by atoms with Crippen LogP contribution in [0.15, 0.2) is 11.6 Å². The maximum Gasteiger partial charge on any atom is 0.302 e. The molecule has 1 unspecified atom stereocenters. The summed E-state index contributed by atoms with van der Waals surface area (Å²) in [7, 11) is 0. The lowest BCUT2D eigenvalue weighted by Gasteiger charge is -2.70. The topological polar surface area (TPSA) is 72.9 Å². The highest BCUT2D eigenvalue weighted by molar-refractivity contribution is 5.95. The van der Waals surface area contributed by atoms with Gasteiger partial charge in [0.1, 0.15) is 6.10 Å². The van der Waals surface area contributed by atoms with Crippen molar-refractivity contribution in [3.63, 3.8) is 0 Å². The standard InChI is InChI=1S/C37H53NO5/c1-10-38(43-24-11-12-24)31(41)34(6)18-17-33(5)19-20-36(8)25(26(33)22-34)21-27(40)30-35(7)15-14-29(42-23(2)39)32(3,4)28(35)13-16-37(30,36)9/h1,21,24,26,28-30H,11-20,22H2,2-9H3/t26-,28?,29-,30+,33+,34-,35-,36+,37+/m0/s1. The number of terminal acetylenes is 1. The minimum absolute atomic E-state index is 0.0524. The first-order valence-electron chi connectivity index (χ1n) is 16.9. The second-order valence-electron chi connectivity index (χ2n) is 17.2. The van der Waals surface area contributed by atoms with E-state index in [9.17, 15) is 14.4 Å². The molecule has 0 aromatic rings. The van der Waals surface area contributed by atoms with Gasteiger partial charge in [0, 0.05) is 24.3 Å². The van der Waals surface area contributed by atoms with Gasteiger partial charge in [0.15, 0.2) is 5.78 Å². The summed E-state index contributed by atoms with van der Waals surface area (Å²) < 4.78 is 5.86. The number of hydrogen-bond donors (Lipinski definition) is 0. The van der Waals surface area contributed by atoms with Crippen molar-refractivity contribution in [1.82, 2.24) is 5.06 Å². The van der Waals surface area contributed by atoms with Crippen LogP contribution in [0, 0.1) is 62.7 Å². The third-order valence-electron chi connectivity index (χ3n) is 14.4. The first-order chi connectivity index (χ1) is 19.9. The van der Waals surface area contributed by atoms with Crippen LogP contribution >= 0.6 is 0 Å². The van der Waals surface area contributed by atoms with E-state index in [0.717, 1.165) is 64.2 Å². The van der Waals surface area contributed by atoms with E-state index < -0.39 is 5.41 Å². The number of rotatable bonds is 4. The zero-order valence-electron chi connectivity index (χ0n) is 27.8. The van der Waals surface area contributed by atoms with Gasteiger partial charge in [0.05, 0.1) is 11.5 Å². The smallest absolute Gasteiger partial charge is 0.302 e. The molecule has 0 heterocycles. The number of ether oxygens (including phenoxy) is 1. The van der Waals surface area contributed by atoms with Crippen LogP contribution in [-0.2, 0) is 24.0 Å². The second kappa shape index (κ2) is 9.68. The van der Waals surface area contributed by atoms with Crippen LogP contribution in [0.2, 0.25) is 0 Å². The molecular formula is C37H53NO5. The molecule has 0 aliphatic heterocycles. The summed E-state index contributed by atoms with van der Waals surface area (Å²) in [6.07, 6.45) is 17.9. The SMILES string of the molecule is C#CN(OC1CC1)C(=O)[C@@]1(C)CC[C@]2(C)CC[C@]3(C)C(=CC(=O)[C@@H]4[C@@]5(C)CC[C@H](OC(C)=O)C(C)(C)C5CC[C@]43C)[C@@H]2C1. The molecule has 6 heteroatoms. The number of hydrogen-bond acceptors (Lipinski definition) is 5. The maximum atomic E-state index is 14.6. The van der Waals surface area contributed by atoms with Crippen LogP contribution in [0.3, 0.4) is 0 Å². The first kappa shape index (κ1) is 30.9. The van der Waals surface area contributed by atoms with Gasteiger partial charge in [-0.25, -0.2) is 0 Å². The molecule has 6 aliphatic carbocycles. The van der Waals surface area contributed by atoms with Crippen molar-refractivity contribution < 1.29 is 24.0 Å².